The molecule has 0 unspecified atom stereocenters. The number of carbonyl (C=O) groups is 2. The van der Waals surface area contributed by atoms with Gasteiger partial charge in [0.25, 0.3) is 0 Å². The molecule has 0 bridgehead atoms. The third kappa shape index (κ3) is 4.53. The van der Waals surface area contributed by atoms with E-state index in [1.54, 1.807) is 18.3 Å². The van der Waals surface area contributed by atoms with E-state index in [1.165, 1.54) is 18.3 Å². The van der Waals surface area contributed by atoms with Gasteiger partial charge in [-0.15, -0.1) is 11.3 Å². The Kier molecular flexibility index (Phi) is 5.00. The summed E-state index contributed by atoms with van der Waals surface area (Å²) < 4.78 is 0. The van der Waals surface area contributed by atoms with Crippen LogP contribution >= 0.6 is 11.3 Å². The smallest absolute Gasteiger partial charge is 0.320 e. The maximum atomic E-state index is 12.3. The number of hydrogen-bond donors (Lipinski definition) is 3. The molecule has 1 heterocycles. The summed E-state index contributed by atoms with van der Waals surface area (Å²) in [5, 5.41) is 11.1. The number of amides is 3. The number of thiazole rings is 1. The van der Waals surface area contributed by atoms with E-state index in [2.05, 4.69) is 20.9 Å². The van der Waals surface area contributed by atoms with E-state index >= 15 is 0 Å². The summed E-state index contributed by atoms with van der Waals surface area (Å²) in [6.07, 6.45) is 1.71. The largest absolute Gasteiger partial charge is 0.326 e. The average molecular weight is 332 g/mol. The van der Waals surface area contributed by atoms with Crippen LogP contribution in [0.25, 0.3) is 0 Å². The molecule has 0 saturated carbocycles. The Morgan fingerprint density at radius 1 is 1.22 bits per heavy atom. The van der Waals surface area contributed by atoms with Crippen molar-refractivity contribution in [1.29, 1.82) is 0 Å². The Bertz CT molecular complexity index is 711. The molecule has 0 atom stereocenters. The number of nitrogens with one attached hydrogen (secondary N) is 3. The minimum atomic E-state index is -0.568. The zero-order valence-electron chi connectivity index (χ0n) is 13.6. The van der Waals surface area contributed by atoms with Crippen molar-refractivity contribution in [2.45, 2.75) is 33.2 Å². The van der Waals surface area contributed by atoms with Crippen LogP contribution in [0.2, 0.25) is 0 Å². The molecule has 0 radical (unpaired) electrons. The molecule has 1 aromatic heterocycles. The van der Waals surface area contributed by atoms with Crippen molar-refractivity contribution >= 4 is 34.6 Å². The molecule has 7 heteroatoms. The topological polar surface area (TPSA) is 83.1 Å². The Morgan fingerprint density at radius 3 is 2.57 bits per heavy atom. The van der Waals surface area contributed by atoms with E-state index in [-0.39, 0.29) is 11.9 Å². The van der Waals surface area contributed by atoms with Gasteiger partial charge in [-0.3, -0.25) is 4.79 Å². The minimum absolute atomic E-state index is 0.158. The normalized spacial score (nSPS) is 11.0. The molecule has 3 N–H and O–H groups in total. The van der Waals surface area contributed by atoms with Crippen molar-refractivity contribution in [2.24, 2.45) is 0 Å². The lowest BCUT2D eigenvalue weighted by Gasteiger charge is -2.24. The Balaban J connectivity index is 2.09. The first kappa shape index (κ1) is 17.0. The SMILES string of the molecule is CC(=O)Nc1ccc(C)c(NC(=O)NC(C)(C)c2nccs2)c1. The van der Waals surface area contributed by atoms with E-state index in [9.17, 15) is 9.59 Å². The summed E-state index contributed by atoms with van der Waals surface area (Å²) in [7, 11) is 0. The quantitative estimate of drug-likeness (QED) is 0.801. The molecule has 3 amide bonds. The first-order valence-corrected chi connectivity index (χ1v) is 8.03. The number of aryl methyl sites for hydroxylation is 1. The van der Waals surface area contributed by atoms with Crippen molar-refractivity contribution in [3.8, 4) is 0 Å². The molecule has 0 aliphatic rings. The van der Waals surface area contributed by atoms with Gasteiger partial charge in [-0.25, -0.2) is 9.78 Å². The predicted molar refractivity (Wildman–Crippen MR) is 92.8 cm³/mol. The van der Waals surface area contributed by atoms with Gasteiger partial charge in [-0.2, -0.15) is 0 Å². The number of hydrogen-bond acceptors (Lipinski definition) is 4. The molecule has 0 spiro atoms. The maximum Gasteiger partial charge on any atom is 0.320 e. The fourth-order valence-electron chi connectivity index (χ4n) is 2.06. The molecule has 1 aromatic carbocycles. The lowest BCUT2D eigenvalue weighted by molar-refractivity contribution is -0.114. The van der Waals surface area contributed by atoms with Crippen molar-refractivity contribution < 1.29 is 9.59 Å². The highest BCUT2D eigenvalue weighted by Gasteiger charge is 2.25. The van der Waals surface area contributed by atoms with Crippen LogP contribution in [0.3, 0.4) is 0 Å². The summed E-state index contributed by atoms with van der Waals surface area (Å²) in [6, 6.07) is 5.03. The molecular weight excluding hydrogens is 312 g/mol. The summed E-state index contributed by atoms with van der Waals surface area (Å²) >= 11 is 1.49. The van der Waals surface area contributed by atoms with Crippen LogP contribution in [0.1, 0.15) is 31.3 Å². The molecule has 0 fully saturated rings. The summed E-state index contributed by atoms with van der Waals surface area (Å²) in [4.78, 5) is 27.7. The maximum absolute atomic E-state index is 12.3. The number of urea groups is 1. The van der Waals surface area contributed by atoms with Crippen LogP contribution in [-0.2, 0) is 10.3 Å². The molecule has 0 aliphatic carbocycles. The van der Waals surface area contributed by atoms with Crippen molar-refractivity contribution in [3.05, 3.63) is 40.3 Å². The van der Waals surface area contributed by atoms with Crippen molar-refractivity contribution in [3.63, 3.8) is 0 Å². The van der Waals surface area contributed by atoms with E-state index in [0.717, 1.165) is 10.6 Å². The van der Waals surface area contributed by atoms with Gasteiger partial charge in [-0.1, -0.05) is 6.07 Å². The van der Waals surface area contributed by atoms with Crippen molar-refractivity contribution in [1.82, 2.24) is 10.3 Å². The van der Waals surface area contributed by atoms with Gasteiger partial charge in [0.1, 0.15) is 5.01 Å². The van der Waals surface area contributed by atoms with Crippen LogP contribution in [0.4, 0.5) is 16.2 Å². The number of aromatic nitrogens is 1. The van der Waals surface area contributed by atoms with Gasteiger partial charge in [0.05, 0.1) is 5.54 Å². The molecule has 2 rings (SSSR count). The second-order valence-electron chi connectivity index (χ2n) is 5.75. The van der Waals surface area contributed by atoms with Crippen LogP contribution < -0.4 is 16.0 Å². The number of rotatable bonds is 4. The Hall–Kier alpha value is -2.41. The summed E-state index contributed by atoms with van der Waals surface area (Å²) in [5.74, 6) is -0.158. The zero-order chi connectivity index (χ0) is 17.0. The third-order valence-corrected chi connectivity index (χ3v) is 4.30. The van der Waals surface area contributed by atoms with Crippen LogP contribution in [-0.4, -0.2) is 16.9 Å². The number of benzene rings is 1. The van der Waals surface area contributed by atoms with Gasteiger partial charge in [0.15, 0.2) is 0 Å². The predicted octanol–water partition coefficient (Wildman–Crippen LogP) is 3.47. The van der Waals surface area contributed by atoms with Gasteiger partial charge >= 0.3 is 6.03 Å². The van der Waals surface area contributed by atoms with Crippen LogP contribution in [0.15, 0.2) is 29.8 Å². The lowest BCUT2D eigenvalue weighted by atomic mass is 10.1. The number of nitrogens with zero attached hydrogens (tertiary/aromatic N) is 1. The van der Waals surface area contributed by atoms with Crippen molar-refractivity contribution in [2.75, 3.05) is 10.6 Å². The van der Waals surface area contributed by atoms with Crippen LogP contribution in [0.5, 0.6) is 0 Å². The fourth-order valence-corrected chi connectivity index (χ4v) is 2.78. The van der Waals surface area contributed by atoms with E-state index < -0.39 is 5.54 Å². The second kappa shape index (κ2) is 6.78. The van der Waals surface area contributed by atoms with Gasteiger partial charge < -0.3 is 16.0 Å². The molecule has 2 aromatic rings. The van der Waals surface area contributed by atoms with Gasteiger partial charge in [0.2, 0.25) is 5.91 Å². The highest BCUT2D eigenvalue weighted by molar-refractivity contribution is 7.09. The van der Waals surface area contributed by atoms with E-state index in [4.69, 9.17) is 0 Å². The number of anilines is 2. The molecule has 122 valence electrons. The minimum Gasteiger partial charge on any atom is -0.326 e. The van der Waals surface area contributed by atoms with E-state index in [1.807, 2.05) is 32.2 Å². The molecule has 6 nitrogen and oxygen atoms in total. The lowest BCUT2D eigenvalue weighted by Crippen LogP contribution is -2.43. The second-order valence-corrected chi connectivity index (χ2v) is 6.65. The van der Waals surface area contributed by atoms with Gasteiger partial charge in [-0.05, 0) is 38.5 Å². The van der Waals surface area contributed by atoms with Gasteiger partial charge in [0, 0.05) is 29.9 Å². The zero-order valence-corrected chi connectivity index (χ0v) is 14.4. The standard InChI is InChI=1S/C16H20N4O2S/c1-10-5-6-12(18-11(2)21)9-13(10)19-15(22)20-16(3,4)14-17-7-8-23-14/h5-9H,1-4H3,(H,18,21)(H2,19,20,22). The third-order valence-electron chi connectivity index (χ3n) is 3.20. The molecule has 0 aliphatic heterocycles. The Labute approximate surface area is 139 Å². The first-order chi connectivity index (χ1) is 10.8. The monoisotopic (exact) mass is 332 g/mol. The van der Waals surface area contributed by atoms with Crippen LogP contribution in [0, 0.1) is 6.92 Å². The number of carbonyl (C=O) groups excluding carboxylic acids is 2. The average Bonchev–Trinajstić information content (AvgIpc) is 2.96. The Morgan fingerprint density at radius 2 is 1.96 bits per heavy atom. The highest BCUT2D eigenvalue weighted by Crippen LogP contribution is 2.23. The first-order valence-electron chi connectivity index (χ1n) is 7.15. The summed E-state index contributed by atoms with van der Waals surface area (Å²) in [6.45, 7) is 7.12. The molecular formula is C16H20N4O2S. The summed E-state index contributed by atoms with van der Waals surface area (Å²) in [5.41, 5.74) is 1.61. The fraction of sp³-hybridized carbons (Fsp3) is 0.312. The molecule has 23 heavy (non-hydrogen) atoms. The van der Waals surface area contributed by atoms with E-state index in [0.29, 0.717) is 11.4 Å². The highest BCUT2D eigenvalue weighted by atomic mass is 32.1. The molecule has 0 saturated heterocycles.